The van der Waals surface area contributed by atoms with Gasteiger partial charge in [-0.25, -0.2) is 15.2 Å². The van der Waals surface area contributed by atoms with Gasteiger partial charge in [-0.15, -0.1) is 0 Å². The van der Waals surface area contributed by atoms with E-state index in [-0.39, 0.29) is 17.9 Å². The molecule has 2 unspecified atom stereocenters. The Morgan fingerprint density at radius 2 is 1.70 bits per heavy atom. The molecule has 20 heavy (non-hydrogen) atoms. The van der Waals surface area contributed by atoms with Gasteiger partial charge in [-0.3, -0.25) is 0 Å². The molecule has 1 heterocycles. The summed E-state index contributed by atoms with van der Waals surface area (Å²) < 4.78 is 12.9. The molecule has 0 bridgehead atoms. The molecule has 1 aliphatic rings. The van der Waals surface area contributed by atoms with E-state index in [4.69, 9.17) is 0 Å². The van der Waals surface area contributed by atoms with E-state index in [0.717, 1.165) is 12.2 Å². The number of anilines is 1. The van der Waals surface area contributed by atoms with Crippen molar-refractivity contribution in [3.05, 3.63) is 66.0 Å². The van der Waals surface area contributed by atoms with Crippen LogP contribution in [0.4, 0.5) is 10.1 Å². The summed E-state index contributed by atoms with van der Waals surface area (Å²) in [4.78, 5) is 0. The normalized spacial score (nSPS) is 21.9. The number of hydrogen-bond donors (Lipinski definition) is 4. The van der Waals surface area contributed by atoms with E-state index >= 15 is 0 Å². The van der Waals surface area contributed by atoms with Crippen molar-refractivity contribution in [1.29, 1.82) is 0 Å². The standard InChI is InChI=1S/C15H17FN4/c16-12-6-8-13(9-7-12)17-10-14-15(19-20-18-14)11-4-2-1-3-5-11/h1-9,14-15,17-20H,10H2. The van der Waals surface area contributed by atoms with Gasteiger partial charge in [0.1, 0.15) is 5.82 Å². The van der Waals surface area contributed by atoms with Crippen LogP contribution in [0, 0.1) is 5.82 Å². The Kier molecular flexibility index (Phi) is 3.92. The van der Waals surface area contributed by atoms with Crippen LogP contribution < -0.4 is 21.7 Å². The maximum atomic E-state index is 12.9. The zero-order valence-corrected chi connectivity index (χ0v) is 10.9. The van der Waals surface area contributed by atoms with Gasteiger partial charge in [-0.05, 0) is 29.8 Å². The van der Waals surface area contributed by atoms with Crippen LogP contribution >= 0.6 is 0 Å². The number of hydrogen-bond acceptors (Lipinski definition) is 4. The first-order chi connectivity index (χ1) is 9.83. The van der Waals surface area contributed by atoms with Crippen molar-refractivity contribution in [2.75, 3.05) is 11.9 Å². The SMILES string of the molecule is Fc1ccc(NCC2NNNC2c2ccccc2)cc1. The van der Waals surface area contributed by atoms with E-state index in [9.17, 15) is 4.39 Å². The molecule has 2 aromatic rings. The fourth-order valence-electron chi connectivity index (χ4n) is 2.34. The average Bonchev–Trinajstić information content (AvgIpc) is 2.96. The minimum absolute atomic E-state index is 0.184. The summed E-state index contributed by atoms with van der Waals surface area (Å²) in [6, 6.07) is 17.0. The quantitative estimate of drug-likeness (QED) is 0.687. The van der Waals surface area contributed by atoms with Crippen LogP contribution in [0.15, 0.2) is 54.6 Å². The number of hydrazine groups is 2. The molecule has 0 saturated carbocycles. The topological polar surface area (TPSA) is 48.1 Å². The van der Waals surface area contributed by atoms with E-state index in [2.05, 4.69) is 33.8 Å². The molecule has 1 aliphatic heterocycles. The van der Waals surface area contributed by atoms with Gasteiger partial charge in [0.05, 0.1) is 12.1 Å². The Bertz CT molecular complexity index is 544. The van der Waals surface area contributed by atoms with Gasteiger partial charge in [-0.2, -0.15) is 5.53 Å². The maximum absolute atomic E-state index is 12.9. The van der Waals surface area contributed by atoms with Gasteiger partial charge in [0.25, 0.3) is 0 Å². The molecule has 104 valence electrons. The van der Waals surface area contributed by atoms with Crippen molar-refractivity contribution in [3.63, 3.8) is 0 Å². The average molecular weight is 272 g/mol. The molecule has 0 spiro atoms. The maximum Gasteiger partial charge on any atom is 0.123 e. The summed E-state index contributed by atoms with van der Waals surface area (Å²) in [6.07, 6.45) is 0. The van der Waals surface area contributed by atoms with Gasteiger partial charge in [0.2, 0.25) is 0 Å². The Morgan fingerprint density at radius 3 is 2.45 bits per heavy atom. The molecule has 0 radical (unpaired) electrons. The second kappa shape index (κ2) is 6.00. The van der Waals surface area contributed by atoms with Gasteiger partial charge in [0, 0.05) is 12.2 Å². The Hall–Kier alpha value is -1.95. The van der Waals surface area contributed by atoms with E-state index < -0.39 is 0 Å². The van der Waals surface area contributed by atoms with Crippen LogP contribution in [0.25, 0.3) is 0 Å². The Balaban J connectivity index is 1.63. The van der Waals surface area contributed by atoms with Gasteiger partial charge < -0.3 is 5.32 Å². The largest absolute Gasteiger partial charge is 0.383 e. The van der Waals surface area contributed by atoms with Crippen molar-refractivity contribution >= 4 is 5.69 Å². The molecule has 4 nitrogen and oxygen atoms in total. The van der Waals surface area contributed by atoms with Crippen LogP contribution in [0.1, 0.15) is 11.6 Å². The molecule has 0 aromatic heterocycles. The highest BCUT2D eigenvalue weighted by atomic mass is 19.1. The number of rotatable bonds is 4. The van der Waals surface area contributed by atoms with E-state index in [1.54, 1.807) is 12.1 Å². The first-order valence-corrected chi connectivity index (χ1v) is 6.63. The predicted octanol–water partition coefficient (Wildman–Crippen LogP) is 1.96. The number of benzene rings is 2. The molecule has 2 aromatic carbocycles. The Morgan fingerprint density at radius 1 is 0.950 bits per heavy atom. The monoisotopic (exact) mass is 272 g/mol. The molecule has 1 fully saturated rings. The zero-order chi connectivity index (χ0) is 13.8. The molecule has 0 amide bonds. The summed E-state index contributed by atoms with van der Waals surface area (Å²) in [7, 11) is 0. The molecule has 3 rings (SSSR count). The second-order valence-electron chi connectivity index (χ2n) is 4.80. The minimum Gasteiger partial charge on any atom is -0.383 e. The lowest BCUT2D eigenvalue weighted by atomic mass is 10.0. The first kappa shape index (κ1) is 13.1. The third kappa shape index (κ3) is 2.96. The first-order valence-electron chi connectivity index (χ1n) is 6.63. The molecular formula is C15H17FN4. The number of nitrogens with one attached hydrogen (secondary N) is 4. The molecule has 1 saturated heterocycles. The Labute approximate surface area is 117 Å². The summed E-state index contributed by atoms with van der Waals surface area (Å²) in [5.41, 5.74) is 11.5. The fraction of sp³-hybridized carbons (Fsp3) is 0.200. The van der Waals surface area contributed by atoms with Crippen LogP contribution in [0.2, 0.25) is 0 Å². The van der Waals surface area contributed by atoms with Crippen LogP contribution in [0.3, 0.4) is 0 Å². The lowest BCUT2D eigenvalue weighted by Crippen LogP contribution is -2.37. The van der Waals surface area contributed by atoms with E-state index in [0.29, 0.717) is 0 Å². The van der Waals surface area contributed by atoms with E-state index in [1.165, 1.54) is 17.7 Å². The van der Waals surface area contributed by atoms with Crippen LogP contribution in [0.5, 0.6) is 0 Å². The van der Waals surface area contributed by atoms with Gasteiger partial charge in [0.15, 0.2) is 0 Å². The van der Waals surface area contributed by atoms with Crippen molar-refractivity contribution in [2.24, 2.45) is 0 Å². The van der Waals surface area contributed by atoms with Crippen LogP contribution in [-0.4, -0.2) is 12.6 Å². The smallest absolute Gasteiger partial charge is 0.123 e. The lowest BCUT2D eigenvalue weighted by Gasteiger charge is -2.19. The third-order valence-corrected chi connectivity index (χ3v) is 3.42. The van der Waals surface area contributed by atoms with Crippen molar-refractivity contribution in [3.8, 4) is 0 Å². The van der Waals surface area contributed by atoms with Gasteiger partial charge in [-0.1, -0.05) is 30.3 Å². The molecule has 5 heteroatoms. The highest BCUT2D eigenvalue weighted by molar-refractivity contribution is 5.43. The highest BCUT2D eigenvalue weighted by Gasteiger charge is 2.27. The third-order valence-electron chi connectivity index (χ3n) is 3.42. The summed E-state index contributed by atoms with van der Waals surface area (Å²) in [6.45, 7) is 0.727. The summed E-state index contributed by atoms with van der Waals surface area (Å²) in [5, 5.41) is 3.30. The fourth-order valence-corrected chi connectivity index (χ4v) is 2.34. The summed E-state index contributed by atoms with van der Waals surface area (Å²) >= 11 is 0. The van der Waals surface area contributed by atoms with Crippen molar-refractivity contribution in [1.82, 2.24) is 16.4 Å². The molecule has 0 aliphatic carbocycles. The lowest BCUT2D eigenvalue weighted by molar-refractivity contribution is 0.548. The highest BCUT2D eigenvalue weighted by Crippen LogP contribution is 2.19. The molecule has 2 atom stereocenters. The zero-order valence-electron chi connectivity index (χ0n) is 10.9. The predicted molar refractivity (Wildman–Crippen MR) is 77.3 cm³/mol. The van der Waals surface area contributed by atoms with Crippen molar-refractivity contribution < 1.29 is 4.39 Å². The molecular weight excluding hydrogens is 255 g/mol. The van der Waals surface area contributed by atoms with E-state index in [1.807, 2.05) is 18.2 Å². The van der Waals surface area contributed by atoms with Gasteiger partial charge >= 0.3 is 0 Å². The summed E-state index contributed by atoms with van der Waals surface area (Å²) in [5.74, 6) is -0.222. The molecule has 4 N–H and O–H groups in total. The second-order valence-corrected chi connectivity index (χ2v) is 4.80. The van der Waals surface area contributed by atoms with Crippen molar-refractivity contribution in [2.45, 2.75) is 12.1 Å². The van der Waals surface area contributed by atoms with Crippen LogP contribution in [-0.2, 0) is 0 Å². The number of halogens is 1. The minimum atomic E-state index is -0.222.